The Labute approximate surface area is 137 Å². The van der Waals surface area contributed by atoms with Crippen LogP contribution in [0.5, 0.6) is 0 Å². The Morgan fingerprint density at radius 3 is 2.17 bits per heavy atom. The lowest BCUT2D eigenvalue weighted by Gasteiger charge is -2.02. The largest absolute Gasteiger partial charge is 0.473 e. The molecule has 2 aromatic rings. The maximum absolute atomic E-state index is 12.7. The average molecular weight is 337 g/mol. The quantitative estimate of drug-likeness (QED) is 0.659. The molecule has 0 aliphatic heterocycles. The topological polar surface area (TPSA) is 87.5 Å². The van der Waals surface area contributed by atoms with Crippen molar-refractivity contribution in [1.29, 1.82) is 0 Å². The third-order valence-corrected chi connectivity index (χ3v) is 3.64. The van der Waals surface area contributed by atoms with E-state index in [-0.39, 0.29) is 5.82 Å². The first-order valence-electron chi connectivity index (χ1n) is 6.64. The highest BCUT2D eigenvalue weighted by atomic mass is 32.2. The van der Waals surface area contributed by atoms with Gasteiger partial charge in [-0.15, -0.1) is 11.8 Å². The van der Waals surface area contributed by atoms with Crippen LogP contribution in [-0.2, 0) is 16.0 Å². The predicted octanol–water partition coefficient (Wildman–Crippen LogP) is 3.02. The number of hydrogen-bond donors (Lipinski definition) is 2. The molecule has 0 saturated heterocycles. The van der Waals surface area contributed by atoms with Gasteiger partial charge in [0.05, 0.1) is 0 Å². The van der Waals surface area contributed by atoms with E-state index in [1.54, 1.807) is 11.8 Å². The predicted molar refractivity (Wildman–Crippen MR) is 85.1 cm³/mol. The highest BCUT2D eigenvalue weighted by Crippen LogP contribution is 2.19. The van der Waals surface area contributed by atoms with Crippen LogP contribution < -0.4 is 0 Å². The Morgan fingerprint density at radius 1 is 1.09 bits per heavy atom. The van der Waals surface area contributed by atoms with Crippen LogP contribution in [0, 0.1) is 12.7 Å². The summed E-state index contributed by atoms with van der Waals surface area (Å²) >= 11 is 1.73. The molecule has 7 heteroatoms. The number of pyridine rings is 1. The van der Waals surface area contributed by atoms with Crippen LogP contribution >= 0.6 is 11.8 Å². The van der Waals surface area contributed by atoms with Crippen molar-refractivity contribution in [3.8, 4) is 0 Å². The number of halogens is 1. The van der Waals surface area contributed by atoms with Crippen LogP contribution in [0.15, 0.2) is 47.5 Å². The van der Waals surface area contributed by atoms with E-state index in [9.17, 15) is 4.39 Å². The molecule has 1 heterocycles. The summed E-state index contributed by atoms with van der Waals surface area (Å²) in [4.78, 5) is 23.6. The van der Waals surface area contributed by atoms with Crippen LogP contribution in [0.1, 0.15) is 11.3 Å². The Kier molecular flexibility index (Phi) is 7.76. The zero-order valence-corrected chi connectivity index (χ0v) is 13.2. The molecule has 1 aromatic heterocycles. The number of rotatable bonds is 4. The highest BCUT2D eigenvalue weighted by molar-refractivity contribution is 7.99. The number of nitrogens with zero attached hydrogens (tertiary/aromatic N) is 1. The van der Waals surface area contributed by atoms with Crippen molar-refractivity contribution in [2.45, 2.75) is 18.2 Å². The molecule has 23 heavy (non-hydrogen) atoms. The first-order chi connectivity index (χ1) is 10.9. The van der Waals surface area contributed by atoms with Gasteiger partial charge < -0.3 is 10.2 Å². The molecule has 0 bridgehead atoms. The molecule has 0 unspecified atom stereocenters. The average Bonchev–Trinajstić information content (AvgIpc) is 2.52. The van der Waals surface area contributed by atoms with Gasteiger partial charge in [0.15, 0.2) is 0 Å². The molecule has 0 atom stereocenters. The number of aromatic nitrogens is 1. The van der Waals surface area contributed by atoms with E-state index < -0.39 is 11.9 Å². The standard InChI is InChI=1S/C14H14FNS.C2H2O4/c1-11-2-3-12(10-16-11)8-9-17-14-6-4-13(15)5-7-14;3-1(4)2(5)6/h2-7,10H,8-9H2,1H3;(H,3,4)(H,5,6). The zero-order chi connectivity index (χ0) is 17.2. The molecule has 0 fully saturated rings. The van der Waals surface area contributed by atoms with Gasteiger partial charge in [0, 0.05) is 22.5 Å². The number of carbonyl (C=O) groups is 2. The number of benzene rings is 1. The Bertz CT molecular complexity index is 587. The fraction of sp³-hybridized carbons (Fsp3) is 0.188. The third-order valence-electron chi connectivity index (χ3n) is 2.63. The number of carboxylic acids is 2. The summed E-state index contributed by atoms with van der Waals surface area (Å²) in [5.74, 6) is -2.85. The zero-order valence-electron chi connectivity index (χ0n) is 12.4. The second-order valence-corrected chi connectivity index (χ2v) is 5.64. The van der Waals surface area contributed by atoms with Crippen molar-refractivity contribution in [2.75, 3.05) is 5.75 Å². The summed E-state index contributed by atoms with van der Waals surface area (Å²) in [6.07, 6.45) is 2.90. The first kappa shape index (κ1) is 18.6. The molecular formula is C16H16FNO4S. The van der Waals surface area contributed by atoms with Crippen LogP contribution in [0.3, 0.4) is 0 Å². The lowest BCUT2D eigenvalue weighted by Crippen LogP contribution is -2.09. The van der Waals surface area contributed by atoms with E-state index in [0.29, 0.717) is 0 Å². The number of carboxylic acid groups (broad SMARTS) is 2. The van der Waals surface area contributed by atoms with E-state index in [2.05, 4.69) is 11.1 Å². The van der Waals surface area contributed by atoms with Gasteiger partial charge in [-0.1, -0.05) is 6.07 Å². The van der Waals surface area contributed by atoms with Crippen molar-refractivity contribution in [1.82, 2.24) is 4.98 Å². The second kappa shape index (κ2) is 9.58. The van der Waals surface area contributed by atoms with E-state index in [4.69, 9.17) is 19.8 Å². The van der Waals surface area contributed by atoms with Crippen LogP contribution in [-0.4, -0.2) is 32.9 Å². The molecule has 122 valence electrons. The second-order valence-electron chi connectivity index (χ2n) is 4.47. The van der Waals surface area contributed by atoms with E-state index in [0.717, 1.165) is 22.8 Å². The minimum Gasteiger partial charge on any atom is -0.473 e. The Balaban J connectivity index is 0.000000379. The molecular weight excluding hydrogens is 321 g/mol. The fourth-order valence-corrected chi connectivity index (χ4v) is 2.37. The molecule has 0 radical (unpaired) electrons. The first-order valence-corrected chi connectivity index (χ1v) is 7.63. The van der Waals surface area contributed by atoms with Gasteiger partial charge in [-0.05, 0) is 49.2 Å². The maximum atomic E-state index is 12.7. The number of hydrogen-bond acceptors (Lipinski definition) is 4. The molecule has 0 amide bonds. The lowest BCUT2D eigenvalue weighted by molar-refractivity contribution is -0.159. The molecule has 1 aromatic carbocycles. The van der Waals surface area contributed by atoms with E-state index in [1.165, 1.54) is 17.7 Å². The maximum Gasteiger partial charge on any atom is 0.414 e. The SMILES string of the molecule is Cc1ccc(CCSc2ccc(F)cc2)cn1.O=C(O)C(=O)O. The molecule has 0 aliphatic carbocycles. The molecule has 0 aliphatic rings. The number of thioether (sulfide) groups is 1. The summed E-state index contributed by atoms with van der Waals surface area (Å²) < 4.78 is 12.7. The van der Waals surface area contributed by atoms with Crippen molar-refractivity contribution < 1.29 is 24.2 Å². The van der Waals surface area contributed by atoms with Gasteiger partial charge in [-0.2, -0.15) is 0 Å². The van der Waals surface area contributed by atoms with Crippen molar-refractivity contribution in [2.24, 2.45) is 0 Å². The lowest BCUT2D eigenvalue weighted by atomic mass is 10.2. The fourth-order valence-electron chi connectivity index (χ4n) is 1.46. The minimum atomic E-state index is -1.82. The third kappa shape index (κ3) is 7.96. The minimum absolute atomic E-state index is 0.183. The number of aliphatic carboxylic acids is 2. The van der Waals surface area contributed by atoms with Gasteiger partial charge in [-0.25, -0.2) is 14.0 Å². The number of aryl methyl sites for hydroxylation is 2. The summed E-state index contributed by atoms with van der Waals surface area (Å²) in [5, 5.41) is 14.8. The van der Waals surface area contributed by atoms with Gasteiger partial charge in [0.25, 0.3) is 0 Å². The summed E-state index contributed by atoms with van der Waals surface area (Å²) in [6, 6.07) is 10.7. The van der Waals surface area contributed by atoms with Crippen LogP contribution in [0.4, 0.5) is 4.39 Å². The molecule has 2 rings (SSSR count). The molecule has 0 saturated carbocycles. The van der Waals surface area contributed by atoms with Gasteiger partial charge in [0.1, 0.15) is 5.82 Å². The molecule has 5 nitrogen and oxygen atoms in total. The monoisotopic (exact) mass is 337 g/mol. The summed E-state index contributed by atoms with van der Waals surface area (Å²) in [5.41, 5.74) is 2.28. The van der Waals surface area contributed by atoms with Crippen LogP contribution in [0.2, 0.25) is 0 Å². The summed E-state index contributed by atoms with van der Waals surface area (Å²) in [6.45, 7) is 1.98. The van der Waals surface area contributed by atoms with Crippen molar-refractivity contribution in [3.05, 3.63) is 59.7 Å². The van der Waals surface area contributed by atoms with Crippen molar-refractivity contribution in [3.63, 3.8) is 0 Å². The Morgan fingerprint density at radius 2 is 1.70 bits per heavy atom. The van der Waals surface area contributed by atoms with Gasteiger partial charge in [-0.3, -0.25) is 4.98 Å². The molecule has 0 spiro atoms. The van der Waals surface area contributed by atoms with Crippen LogP contribution in [0.25, 0.3) is 0 Å². The highest BCUT2D eigenvalue weighted by Gasteiger charge is 2.04. The normalized spacial score (nSPS) is 9.65. The van der Waals surface area contributed by atoms with Crippen molar-refractivity contribution >= 4 is 23.7 Å². The molecule has 2 N–H and O–H groups in total. The Hall–Kier alpha value is -2.41. The van der Waals surface area contributed by atoms with Gasteiger partial charge in [0.2, 0.25) is 0 Å². The van der Waals surface area contributed by atoms with Gasteiger partial charge >= 0.3 is 11.9 Å². The summed E-state index contributed by atoms with van der Waals surface area (Å²) in [7, 11) is 0. The smallest absolute Gasteiger partial charge is 0.414 e. The van der Waals surface area contributed by atoms with E-state index >= 15 is 0 Å². The van der Waals surface area contributed by atoms with E-state index in [1.807, 2.05) is 31.3 Å².